The molecular weight excluding hydrogens is 280 g/mol. The van der Waals surface area contributed by atoms with Crippen molar-refractivity contribution in [3.63, 3.8) is 0 Å². The maximum absolute atomic E-state index is 12.3. The Hall–Kier alpha value is -3.08. The van der Waals surface area contributed by atoms with Gasteiger partial charge in [-0.25, -0.2) is 0 Å². The van der Waals surface area contributed by atoms with Gasteiger partial charge in [0, 0.05) is 11.1 Å². The second-order valence-corrected chi connectivity index (χ2v) is 5.00. The SMILES string of the molecule is Cc1ccc(NC(=O)c2cc3cccc(O)c3oc2=N)cc1. The molecule has 0 spiro atoms. The van der Waals surface area contributed by atoms with Crippen LogP contribution in [-0.4, -0.2) is 11.0 Å². The highest BCUT2D eigenvalue weighted by Crippen LogP contribution is 2.23. The molecule has 0 saturated heterocycles. The first-order valence-electron chi connectivity index (χ1n) is 6.73. The van der Waals surface area contributed by atoms with E-state index in [0.29, 0.717) is 11.1 Å². The van der Waals surface area contributed by atoms with Crippen LogP contribution >= 0.6 is 0 Å². The van der Waals surface area contributed by atoms with Crippen molar-refractivity contribution in [1.82, 2.24) is 0 Å². The van der Waals surface area contributed by atoms with Crippen LogP contribution in [-0.2, 0) is 0 Å². The summed E-state index contributed by atoms with van der Waals surface area (Å²) in [5, 5.41) is 20.8. The fourth-order valence-corrected chi connectivity index (χ4v) is 2.15. The zero-order chi connectivity index (χ0) is 15.7. The molecule has 1 aromatic heterocycles. The van der Waals surface area contributed by atoms with Crippen LogP contribution in [0.2, 0.25) is 0 Å². The summed E-state index contributed by atoms with van der Waals surface area (Å²) >= 11 is 0. The highest BCUT2D eigenvalue weighted by Gasteiger charge is 2.13. The molecule has 3 rings (SSSR count). The number of amides is 1. The van der Waals surface area contributed by atoms with Crippen molar-refractivity contribution >= 4 is 22.6 Å². The number of carbonyl (C=O) groups is 1. The summed E-state index contributed by atoms with van der Waals surface area (Å²) in [5.41, 5.74) is 1.75. The molecule has 3 N–H and O–H groups in total. The smallest absolute Gasteiger partial charge is 0.261 e. The number of aromatic hydroxyl groups is 1. The summed E-state index contributed by atoms with van der Waals surface area (Å²) in [6.07, 6.45) is 0. The zero-order valence-corrected chi connectivity index (χ0v) is 11.9. The Morgan fingerprint density at radius 2 is 1.91 bits per heavy atom. The van der Waals surface area contributed by atoms with Crippen LogP contribution in [0.3, 0.4) is 0 Å². The van der Waals surface area contributed by atoms with E-state index in [0.717, 1.165) is 5.56 Å². The van der Waals surface area contributed by atoms with Gasteiger partial charge in [0.15, 0.2) is 11.3 Å². The normalized spacial score (nSPS) is 10.6. The van der Waals surface area contributed by atoms with E-state index in [4.69, 9.17) is 9.83 Å². The molecule has 5 heteroatoms. The summed E-state index contributed by atoms with van der Waals surface area (Å²) in [6, 6.07) is 13.7. The quantitative estimate of drug-likeness (QED) is 0.678. The molecule has 1 amide bonds. The lowest BCUT2D eigenvalue weighted by Gasteiger charge is -2.07. The molecule has 0 radical (unpaired) electrons. The summed E-state index contributed by atoms with van der Waals surface area (Å²) in [5.74, 6) is -0.487. The van der Waals surface area contributed by atoms with Crippen molar-refractivity contribution in [2.24, 2.45) is 0 Å². The van der Waals surface area contributed by atoms with E-state index < -0.39 is 5.91 Å². The van der Waals surface area contributed by atoms with Crippen molar-refractivity contribution in [2.45, 2.75) is 6.92 Å². The van der Waals surface area contributed by atoms with Crippen LogP contribution in [0.5, 0.6) is 5.75 Å². The number of aryl methyl sites for hydroxylation is 1. The lowest BCUT2D eigenvalue weighted by atomic mass is 10.1. The van der Waals surface area contributed by atoms with E-state index in [1.54, 1.807) is 24.3 Å². The number of hydrogen-bond acceptors (Lipinski definition) is 4. The predicted octanol–water partition coefficient (Wildman–Crippen LogP) is 3.18. The van der Waals surface area contributed by atoms with Gasteiger partial charge in [0.1, 0.15) is 5.56 Å². The zero-order valence-electron chi connectivity index (χ0n) is 11.9. The van der Waals surface area contributed by atoms with Crippen molar-refractivity contribution in [3.05, 3.63) is 65.2 Å². The second kappa shape index (κ2) is 5.37. The molecule has 0 atom stereocenters. The molecule has 1 heterocycles. The topological polar surface area (TPSA) is 86.3 Å². The standard InChI is InChI=1S/C17H14N2O3/c1-10-5-7-12(8-6-10)19-17(21)13-9-11-3-2-4-14(20)15(11)22-16(13)18/h2-9,18,20H,1H3,(H,19,21). The number of hydrogen-bond donors (Lipinski definition) is 3. The summed E-state index contributed by atoms with van der Waals surface area (Å²) in [7, 11) is 0. The Labute approximate surface area is 126 Å². The maximum Gasteiger partial charge on any atom is 0.261 e. The van der Waals surface area contributed by atoms with Gasteiger partial charge in [0.05, 0.1) is 0 Å². The number of benzene rings is 2. The minimum atomic E-state index is -0.428. The number of anilines is 1. The molecule has 110 valence electrons. The highest BCUT2D eigenvalue weighted by molar-refractivity contribution is 6.05. The Morgan fingerprint density at radius 1 is 1.18 bits per heavy atom. The van der Waals surface area contributed by atoms with E-state index in [9.17, 15) is 9.90 Å². The van der Waals surface area contributed by atoms with E-state index in [1.165, 1.54) is 12.1 Å². The van der Waals surface area contributed by atoms with E-state index in [1.807, 2.05) is 19.1 Å². The Morgan fingerprint density at radius 3 is 2.64 bits per heavy atom. The molecule has 0 bridgehead atoms. The summed E-state index contributed by atoms with van der Waals surface area (Å²) in [4.78, 5) is 12.3. The number of fused-ring (bicyclic) bond motifs is 1. The largest absolute Gasteiger partial charge is 0.504 e. The van der Waals surface area contributed by atoms with E-state index in [-0.39, 0.29) is 22.5 Å². The monoisotopic (exact) mass is 294 g/mol. The molecular formula is C17H14N2O3. The first-order valence-corrected chi connectivity index (χ1v) is 6.73. The molecule has 0 aliphatic carbocycles. The molecule has 0 unspecified atom stereocenters. The van der Waals surface area contributed by atoms with Crippen molar-refractivity contribution in [3.8, 4) is 5.75 Å². The van der Waals surface area contributed by atoms with Gasteiger partial charge in [-0.2, -0.15) is 0 Å². The molecule has 0 aliphatic heterocycles. The maximum atomic E-state index is 12.3. The van der Waals surface area contributed by atoms with Gasteiger partial charge in [-0.15, -0.1) is 0 Å². The van der Waals surface area contributed by atoms with Crippen LogP contribution in [0.25, 0.3) is 11.0 Å². The predicted molar refractivity (Wildman–Crippen MR) is 82.9 cm³/mol. The third-order valence-electron chi connectivity index (χ3n) is 3.33. The second-order valence-electron chi connectivity index (χ2n) is 5.00. The summed E-state index contributed by atoms with van der Waals surface area (Å²) < 4.78 is 5.26. The van der Waals surface area contributed by atoms with Crippen LogP contribution in [0.1, 0.15) is 15.9 Å². The van der Waals surface area contributed by atoms with Gasteiger partial charge in [0.25, 0.3) is 5.91 Å². The third-order valence-corrected chi connectivity index (χ3v) is 3.33. The van der Waals surface area contributed by atoms with Crippen LogP contribution < -0.4 is 10.9 Å². The number of phenols is 1. The molecule has 2 aromatic carbocycles. The third kappa shape index (κ3) is 2.56. The number of para-hydroxylation sites is 1. The number of carbonyl (C=O) groups excluding carboxylic acids is 1. The molecule has 0 aliphatic rings. The highest BCUT2D eigenvalue weighted by atomic mass is 16.4. The van der Waals surface area contributed by atoms with Crippen molar-refractivity contribution in [1.29, 1.82) is 5.41 Å². The number of rotatable bonds is 2. The molecule has 0 fully saturated rings. The Balaban J connectivity index is 1.99. The molecule has 5 nitrogen and oxygen atoms in total. The fourth-order valence-electron chi connectivity index (χ4n) is 2.15. The van der Waals surface area contributed by atoms with Crippen LogP contribution in [0.15, 0.2) is 52.9 Å². The summed E-state index contributed by atoms with van der Waals surface area (Å²) in [6.45, 7) is 1.96. The fraction of sp³-hybridized carbons (Fsp3) is 0.0588. The number of nitrogens with one attached hydrogen (secondary N) is 2. The van der Waals surface area contributed by atoms with E-state index in [2.05, 4.69) is 5.32 Å². The molecule has 22 heavy (non-hydrogen) atoms. The van der Waals surface area contributed by atoms with Gasteiger partial charge in [-0.05, 0) is 31.2 Å². The average Bonchev–Trinajstić information content (AvgIpc) is 2.50. The molecule has 0 saturated carbocycles. The van der Waals surface area contributed by atoms with Crippen LogP contribution in [0.4, 0.5) is 5.69 Å². The van der Waals surface area contributed by atoms with Crippen LogP contribution in [0, 0.1) is 12.3 Å². The lowest BCUT2D eigenvalue weighted by Crippen LogP contribution is -2.20. The minimum Gasteiger partial charge on any atom is -0.504 e. The minimum absolute atomic E-state index is 0.0588. The Kier molecular flexibility index (Phi) is 3.39. The van der Waals surface area contributed by atoms with E-state index >= 15 is 0 Å². The van der Waals surface area contributed by atoms with Gasteiger partial charge in [0.2, 0.25) is 5.55 Å². The average molecular weight is 294 g/mol. The molecule has 3 aromatic rings. The lowest BCUT2D eigenvalue weighted by molar-refractivity contribution is 0.102. The number of phenolic OH excluding ortho intramolecular Hbond substituents is 1. The Bertz CT molecular complexity index is 911. The first kappa shape index (κ1) is 13.9. The van der Waals surface area contributed by atoms with Gasteiger partial charge >= 0.3 is 0 Å². The van der Waals surface area contributed by atoms with Crippen molar-refractivity contribution in [2.75, 3.05) is 5.32 Å². The van der Waals surface area contributed by atoms with Gasteiger partial charge < -0.3 is 14.8 Å². The van der Waals surface area contributed by atoms with Crippen molar-refractivity contribution < 1.29 is 14.3 Å². The van der Waals surface area contributed by atoms with Gasteiger partial charge in [-0.1, -0.05) is 29.8 Å². The first-order chi connectivity index (χ1) is 10.5. The van der Waals surface area contributed by atoms with Gasteiger partial charge in [-0.3, -0.25) is 10.2 Å².